The number of ether oxygens (including phenoxy) is 1. The van der Waals surface area contributed by atoms with Crippen LogP contribution < -0.4 is 9.64 Å². The number of halogens is 4. The third-order valence-electron chi connectivity index (χ3n) is 4.47. The van der Waals surface area contributed by atoms with Gasteiger partial charge in [0.2, 0.25) is 10.0 Å². The van der Waals surface area contributed by atoms with Crippen LogP contribution in [0.15, 0.2) is 41.3 Å². The molecule has 0 amide bonds. The number of rotatable bonds is 6. The van der Waals surface area contributed by atoms with Crippen LogP contribution >= 0.6 is 0 Å². The molecule has 162 valence electrons. The first-order chi connectivity index (χ1) is 14.1. The summed E-state index contributed by atoms with van der Waals surface area (Å²) in [5, 5.41) is 10.9. The van der Waals surface area contributed by atoms with Crippen molar-refractivity contribution in [2.75, 3.05) is 31.1 Å². The highest BCUT2D eigenvalue weighted by Crippen LogP contribution is 2.34. The van der Waals surface area contributed by atoms with E-state index in [0.717, 1.165) is 34.6 Å². The summed E-state index contributed by atoms with van der Waals surface area (Å²) in [4.78, 5) is 10.5. The Morgan fingerprint density at radius 3 is 2.17 bits per heavy atom. The van der Waals surface area contributed by atoms with Gasteiger partial charge in [0.05, 0.1) is 16.7 Å². The highest BCUT2D eigenvalue weighted by atomic mass is 32.2. The van der Waals surface area contributed by atoms with Crippen molar-refractivity contribution < 1.29 is 35.6 Å². The number of benzene rings is 2. The number of nitrogens with zero attached hydrogens (tertiary/aromatic N) is 3. The van der Waals surface area contributed by atoms with Crippen LogP contribution in [0.25, 0.3) is 0 Å². The molecule has 2 aromatic carbocycles. The van der Waals surface area contributed by atoms with Crippen molar-refractivity contribution in [3.05, 3.63) is 58.1 Å². The summed E-state index contributed by atoms with van der Waals surface area (Å²) in [6, 6.07) is 5.87. The van der Waals surface area contributed by atoms with E-state index < -0.39 is 49.5 Å². The molecule has 0 radical (unpaired) electrons. The Bertz CT molecular complexity index is 1040. The molecule has 1 heterocycles. The summed E-state index contributed by atoms with van der Waals surface area (Å²) < 4.78 is 83.8. The molecular weight excluding hydrogens is 434 g/mol. The summed E-state index contributed by atoms with van der Waals surface area (Å²) in [6.45, 7) is -3.65. The summed E-state index contributed by atoms with van der Waals surface area (Å²) in [5.74, 6) is -2.88. The maximum absolute atomic E-state index is 13.9. The Morgan fingerprint density at radius 2 is 1.63 bits per heavy atom. The Morgan fingerprint density at radius 1 is 1.03 bits per heavy atom. The van der Waals surface area contributed by atoms with E-state index in [0.29, 0.717) is 0 Å². The topological polar surface area (TPSA) is 93.0 Å². The molecule has 3 rings (SSSR count). The van der Waals surface area contributed by atoms with Gasteiger partial charge in [0, 0.05) is 32.2 Å². The molecule has 0 N–H and O–H groups in total. The van der Waals surface area contributed by atoms with Crippen LogP contribution in [0.5, 0.6) is 5.75 Å². The van der Waals surface area contributed by atoms with Gasteiger partial charge in [-0.3, -0.25) is 10.1 Å². The number of hydrogen-bond acceptors (Lipinski definition) is 6. The van der Waals surface area contributed by atoms with Crippen LogP contribution in [0.1, 0.15) is 0 Å². The number of non-ortho nitro benzene ring substituents is 1. The van der Waals surface area contributed by atoms with Crippen LogP contribution in [0, 0.1) is 21.7 Å². The van der Waals surface area contributed by atoms with Gasteiger partial charge in [0.25, 0.3) is 5.69 Å². The van der Waals surface area contributed by atoms with Crippen molar-refractivity contribution >= 4 is 21.4 Å². The van der Waals surface area contributed by atoms with Gasteiger partial charge in [0.1, 0.15) is 11.6 Å². The first-order valence-electron chi connectivity index (χ1n) is 8.53. The fraction of sp³-hybridized carbons (Fsp3) is 0.294. The van der Waals surface area contributed by atoms with Crippen molar-refractivity contribution in [2.45, 2.75) is 11.5 Å². The predicted molar refractivity (Wildman–Crippen MR) is 97.1 cm³/mol. The Hall–Kier alpha value is -2.93. The lowest BCUT2D eigenvalue weighted by Crippen LogP contribution is -2.49. The second-order valence-corrected chi connectivity index (χ2v) is 8.10. The molecule has 1 aliphatic rings. The molecule has 0 aromatic heterocycles. The summed E-state index contributed by atoms with van der Waals surface area (Å²) in [6.07, 6.45) is 0. The standard InChI is InChI=1S/C17H15F4N3O5S/c18-12-2-1-3-13(19)16(12)30(27,28)23-8-6-22(7-9-23)14-5-4-11(24(25)26)10-15(14)29-17(20)21/h1-5,10,17H,6-9H2. The van der Waals surface area contributed by atoms with E-state index in [1.807, 2.05) is 0 Å². The molecule has 0 saturated carbocycles. The van der Waals surface area contributed by atoms with Gasteiger partial charge in [-0.15, -0.1) is 0 Å². The Balaban J connectivity index is 1.83. The minimum Gasteiger partial charge on any atom is -0.432 e. The van der Waals surface area contributed by atoms with E-state index in [-0.39, 0.29) is 31.9 Å². The zero-order chi connectivity index (χ0) is 22.1. The molecule has 30 heavy (non-hydrogen) atoms. The third-order valence-corrected chi connectivity index (χ3v) is 6.42. The first kappa shape index (κ1) is 21.8. The molecule has 0 atom stereocenters. The average Bonchev–Trinajstić information content (AvgIpc) is 2.67. The minimum absolute atomic E-state index is 0.0211. The van der Waals surface area contributed by atoms with Crippen LogP contribution in [0.2, 0.25) is 0 Å². The molecule has 8 nitrogen and oxygen atoms in total. The van der Waals surface area contributed by atoms with Gasteiger partial charge < -0.3 is 9.64 Å². The molecule has 0 spiro atoms. The fourth-order valence-corrected chi connectivity index (χ4v) is 4.63. The van der Waals surface area contributed by atoms with Gasteiger partial charge in [-0.05, 0) is 18.2 Å². The summed E-state index contributed by atoms with van der Waals surface area (Å²) in [5.41, 5.74) is -0.347. The Kier molecular flexibility index (Phi) is 6.12. The number of alkyl halides is 2. The monoisotopic (exact) mass is 449 g/mol. The minimum atomic E-state index is -4.46. The summed E-state index contributed by atoms with van der Waals surface area (Å²) >= 11 is 0. The highest BCUT2D eigenvalue weighted by Gasteiger charge is 2.34. The van der Waals surface area contributed by atoms with Crippen molar-refractivity contribution in [1.82, 2.24) is 4.31 Å². The lowest BCUT2D eigenvalue weighted by atomic mass is 10.2. The van der Waals surface area contributed by atoms with Crippen molar-refractivity contribution in [3.8, 4) is 5.75 Å². The number of anilines is 1. The van der Waals surface area contributed by atoms with Gasteiger partial charge in [0.15, 0.2) is 10.6 Å². The summed E-state index contributed by atoms with van der Waals surface area (Å²) in [7, 11) is -4.46. The predicted octanol–water partition coefficient (Wildman–Crippen LogP) is 2.99. The lowest BCUT2D eigenvalue weighted by Gasteiger charge is -2.36. The van der Waals surface area contributed by atoms with E-state index >= 15 is 0 Å². The number of piperazine rings is 1. The molecule has 1 saturated heterocycles. The smallest absolute Gasteiger partial charge is 0.387 e. The van der Waals surface area contributed by atoms with Crippen LogP contribution in [0.4, 0.5) is 28.9 Å². The van der Waals surface area contributed by atoms with Gasteiger partial charge >= 0.3 is 6.61 Å². The van der Waals surface area contributed by atoms with Crippen LogP contribution in [-0.2, 0) is 10.0 Å². The maximum atomic E-state index is 13.9. The van der Waals surface area contributed by atoms with Crippen molar-refractivity contribution in [2.24, 2.45) is 0 Å². The second kappa shape index (κ2) is 8.44. The molecular formula is C17H15F4N3O5S. The molecule has 1 fully saturated rings. The average molecular weight is 449 g/mol. The zero-order valence-electron chi connectivity index (χ0n) is 15.2. The van der Waals surface area contributed by atoms with Crippen molar-refractivity contribution in [3.63, 3.8) is 0 Å². The third kappa shape index (κ3) is 4.31. The maximum Gasteiger partial charge on any atom is 0.387 e. The van der Waals surface area contributed by atoms with Crippen molar-refractivity contribution in [1.29, 1.82) is 0 Å². The van der Waals surface area contributed by atoms with Gasteiger partial charge in [-0.2, -0.15) is 13.1 Å². The van der Waals surface area contributed by atoms with Gasteiger partial charge in [-0.1, -0.05) is 6.07 Å². The van der Waals surface area contributed by atoms with E-state index in [1.54, 1.807) is 0 Å². The van der Waals surface area contributed by atoms with E-state index in [4.69, 9.17) is 0 Å². The zero-order valence-corrected chi connectivity index (χ0v) is 16.0. The number of nitro benzene ring substituents is 1. The normalized spacial score (nSPS) is 15.4. The fourth-order valence-electron chi connectivity index (χ4n) is 3.10. The molecule has 0 bridgehead atoms. The van der Waals surface area contributed by atoms with E-state index in [1.165, 1.54) is 11.0 Å². The van der Waals surface area contributed by atoms with Crippen LogP contribution in [-0.4, -0.2) is 50.4 Å². The molecule has 13 heteroatoms. The van der Waals surface area contributed by atoms with E-state index in [2.05, 4.69) is 4.74 Å². The molecule has 1 aliphatic heterocycles. The number of hydrogen-bond donors (Lipinski definition) is 0. The lowest BCUT2D eigenvalue weighted by molar-refractivity contribution is -0.385. The van der Waals surface area contributed by atoms with Gasteiger partial charge in [-0.25, -0.2) is 17.2 Å². The molecule has 2 aromatic rings. The largest absolute Gasteiger partial charge is 0.432 e. The van der Waals surface area contributed by atoms with Crippen LogP contribution in [0.3, 0.4) is 0 Å². The SMILES string of the molecule is O=[N+]([O-])c1ccc(N2CCN(S(=O)(=O)c3c(F)cccc3F)CC2)c(OC(F)F)c1. The second-order valence-electron chi connectivity index (χ2n) is 6.23. The number of nitro groups is 1. The number of sulfonamides is 1. The molecule has 0 unspecified atom stereocenters. The molecule has 0 aliphatic carbocycles. The highest BCUT2D eigenvalue weighted by molar-refractivity contribution is 7.89. The quantitative estimate of drug-likeness (QED) is 0.383. The first-order valence-corrected chi connectivity index (χ1v) is 9.97. The Labute approximate surface area is 168 Å². The van der Waals surface area contributed by atoms with E-state index in [9.17, 15) is 36.1 Å².